The van der Waals surface area contributed by atoms with Crippen LogP contribution in [0.5, 0.6) is 5.75 Å². The van der Waals surface area contributed by atoms with E-state index in [0.29, 0.717) is 16.5 Å². The molecule has 6 nitrogen and oxygen atoms in total. The second-order valence-corrected chi connectivity index (χ2v) is 7.60. The summed E-state index contributed by atoms with van der Waals surface area (Å²) in [4.78, 5) is 25.8. The maximum Gasteiger partial charge on any atom is 0.279 e. The number of methoxy groups -OCH3 is 1. The van der Waals surface area contributed by atoms with Gasteiger partial charge < -0.3 is 20.3 Å². The van der Waals surface area contributed by atoms with Crippen LogP contribution in [0.3, 0.4) is 0 Å². The van der Waals surface area contributed by atoms with E-state index in [1.807, 2.05) is 54.6 Å². The number of hydrogen-bond acceptors (Lipinski definition) is 3. The van der Waals surface area contributed by atoms with E-state index in [2.05, 4.69) is 10.6 Å². The van der Waals surface area contributed by atoms with Crippen LogP contribution in [0.25, 0.3) is 11.1 Å². The molecule has 3 N–H and O–H groups in total. The minimum absolute atomic E-state index is 0.115. The Balaban J connectivity index is 1.58. The number of benzene rings is 3. The zero-order valence-corrected chi connectivity index (χ0v) is 18.2. The van der Waals surface area contributed by atoms with Crippen molar-refractivity contribution in [3.05, 3.63) is 77.8 Å². The molecule has 0 aromatic heterocycles. The zero-order chi connectivity index (χ0) is 22.2. The van der Waals surface area contributed by atoms with Crippen molar-refractivity contribution < 1.29 is 19.2 Å². The van der Waals surface area contributed by atoms with E-state index in [-0.39, 0.29) is 24.9 Å². The molecule has 7 heteroatoms. The first-order valence-corrected chi connectivity index (χ1v) is 10.2. The molecular weight excluding hydrogens is 414 g/mol. The number of rotatable bonds is 8. The van der Waals surface area contributed by atoms with Crippen molar-refractivity contribution in [2.24, 2.45) is 0 Å². The fraction of sp³-hybridized carbons (Fsp3) is 0.167. The minimum atomic E-state index is -0.240. The lowest BCUT2D eigenvalue weighted by molar-refractivity contribution is -0.862. The van der Waals surface area contributed by atoms with Crippen molar-refractivity contribution in [2.45, 2.75) is 0 Å². The molecule has 0 aliphatic carbocycles. The van der Waals surface area contributed by atoms with Crippen molar-refractivity contribution in [2.75, 3.05) is 37.9 Å². The summed E-state index contributed by atoms with van der Waals surface area (Å²) < 4.78 is 5.24. The third-order valence-corrected chi connectivity index (χ3v) is 4.88. The molecule has 3 aromatic rings. The van der Waals surface area contributed by atoms with Gasteiger partial charge in [-0.3, -0.25) is 9.59 Å². The van der Waals surface area contributed by atoms with Crippen LogP contribution < -0.4 is 20.3 Å². The van der Waals surface area contributed by atoms with Gasteiger partial charge in [0.2, 0.25) is 0 Å². The Hall–Kier alpha value is -3.35. The number of carbonyl (C=O) groups is 2. The number of para-hydroxylation sites is 1. The molecule has 0 aliphatic heterocycles. The van der Waals surface area contributed by atoms with Gasteiger partial charge in [0.25, 0.3) is 11.8 Å². The van der Waals surface area contributed by atoms with Crippen molar-refractivity contribution in [1.82, 2.24) is 0 Å². The number of hydrogen-bond donors (Lipinski definition) is 3. The maximum absolute atomic E-state index is 12.6. The number of nitrogens with one attached hydrogen (secondary N) is 3. The Morgan fingerprint density at radius 2 is 1.48 bits per heavy atom. The summed E-state index contributed by atoms with van der Waals surface area (Å²) in [6, 6.07) is 22.5. The third kappa shape index (κ3) is 6.31. The average Bonchev–Trinajstić information content (AvgIpc) is 2.74. The number of anilines is 2. The van der Waals surface area contributed by atoms with E-state index in [1.165, 1.54) is 7.11 Å². The predicted molar refractivity (Wildman–Crippen MR) is 124 cm³/mol. The fourth-order valence-electron chi connectivity index (χ4n) is 3.24. The van der Waals surface area contributed by atoms with Gasteiger partial charge in [0, 0.05) is 16.3 Å². The van der Waals surface area contributed by atoms with Crippen molar-refractivity contribution in [3.63, 3.8) is 0 Å². The van der Waals surface area contributed by atoms with Crippen LogP contribution >= 0.6 is 11.6 Å². The van der Waals surface area contributed by atoms with Gasteiger partial charge in [-0.05, 0) is 29.8 Å². The molecule has 0 radical (unpaired) electrons. The number of halogens is 1. The molecule has 2 amide bonds. The van der Waals surface area contributed by atoms with Crippen LogP contribution in [0, 0.1) is 0 Å². The summed E-state index contributed by atoms with van der Waals surface area (Å²) in [5.74, 6) is 0.107. The first-order chi connectivity index (χ1) is 15.0. The quantitative estimate of drug-likeness (QED) is 0.506. The van der Waals surface area contributed by atoms with Gasteiger partial charge >= 0.3 is 0 Å². The maximum atomic E-state index is 12.6. The number of ether oxygens (including phenoxy) is 1. The van der Waals surface area contributed by atoms with Gasteiger partial charge in [0.1, 0.15) is 5.75 Å². The van der Waals surface area contributed by atoms with E-state index in [0.717, 1.165) is 21.7 Å². The Labute approximate surface area is 186 Å². The Bertz CT molecular complexity index is 1060. The summed E-state index contributed by atoms with van der Waals surface area (Å²) in [5, 5.41) is 6.24. The van der Waals surface area contributed by atoms with Crippen LogP contribution in [-0.4, -0.2) is 39.1 Å². The molecule has 0 saturated heterocycles. The third-order valence-electron chi connectivity index (χ3n) is 4.65. The Morgan fingerprint density at radius 3 is 2.16 bits per heavy atom. The predicted octanol–water partition coefficient (Wildman–Crippen LogP) is 3.11. The molecule has 0 bridgehead atoms. The molecule has 0 spiro atoms. The van der Waals surface area contributed by atoms with Gasteiger partial charge in [-0.1, -0.05) is 60.1 Å². The van der Waals surface area contributed by atoms with Crippen molar-refractivity contribution in [1.29, 1.82) is 0 Å². The molecule has 1 atom stereocenters. The molecule has 3 aromatic carbocycles. The number of quaternary nitrogens is 1. The molecule has 3 rings (SSSR count). The SMILES string of the molecule is COc1ccc(Cl)cc1NC(=O)C[NH+](C)CC(=O)Nc1ccccc1-c1ccccc1. The fourth-order valence-corrected chi connectivity index (χ4v) is 3.41. The number of carbonyl (C=O) groups excluding carboxylic acids is 2. The van der Waals surface area contributed by atoms with Gasteiger partial charge in [-0.2, -0.15) is 0 Å². The Morgan fingerprint density at radius 1 is 0.871 bits per heavy atom. The number of amides is 2. The van der Waals surface area contributed by atoms with Crippen molar-refractivity contribution >= 4 is 34.8 Å². The van der Waals surface area contributed by atoms with Crippen LogP contribution in [-0.2, 0) is 9.59 Å². The second kappa shape index (κ2) is 10.6. The van der Waals surface area contributed by atoms with Gasteiger partial charge in [0.05, 0.1) is 19.8 Å². The Kier molecular flexibility index (Phi) is 7.65. The zero-order valence-electron chi connectivity index (χ0n) is 17.4. The van der Waals surface area contributed by atoms with Gasteiger partial charge in [0.15, 0.2) is 13.1 Å². The molecule has 1 unspecified atom stereocenters. The highest BCUT2D eigenvalue weighted by Gasteiger charge is 2.17. The average molecular weight is 439 g/mol. The van der Waals surface area contributed by atoms with Crippen LogP contribution in [0.4, 0.5) is 11.4 Å². The highest BCUT2D eigenvalue weighted by Crippen LogP contribution is 2.28. The lowest BCUT2D eigenvalue weighted by Gasteiger charge is -2.16. The lowest BCUT2D eigenvalue weighted by atomic mass is 10.0. The molecule has 160 valence electrons. The van der Waals surface area contributed by atoms with E-state index < -0.39 is 0 Å². The molecular formula is C24H25ClN3O3+. The monoisotopic (exact) mass is 438 g/mol. The molecule has 31 heavy (non-hydrogen) atoms. The molecule has 0 aliphatic rings. The number of likely N-dealkylation sites (N-methyl/N-ethyl adjacent to an activating group) is 1. The highest BCUT2D eigenvalue weighted by atomic mass is 35.5. The molecule has 0 heterocycles. The lowest BCUT2D eigenvalue weighted by Crippen LogP contribution is -3.11. The summed E-state index contributed by atoms with van der Waals surface area (Å²) in [7, 11) is 3.31. The summed E-state index contributed by atoms with van der Waals surface area (Å²) >= 11 is 6.00. The first kappa shape index (κ1) is 22.3. The topological polar surface area (TPSA) is 71.9 Å². The van der Waals surface area contributed by atoms with Crippen LogP contribution in [0.1, 0.15) is 0 Å². The van der Waals surface area contributed by atoms with E-state index in [1.54, 1.807) is 25.2 Å². The van der Waals surface area contributed by atoms with Gasteiger partial charge in [-0.25, -0.2) is 0 Å². The van der Waals surface area contributed by atoms with Crippen molar-refractivity contribution in [3.8, 4) is 16.9 Å². The summed E-state index contributed by atoms with van der Waals surface area (Å²) in [5.41, 5.74) is 3.20. The van der Waals surface area contributed by atoms with Crippen LogP contribution in [0.2, 0.25) is 5.02 Å². The molecule has 0 fully saturated rings. The summed E-state index contributed by atoms with van der Waals surface area (Å²) in [6.45, 7) is 0.257. The van der Waals surface area contributed by atoms with Crippen LogP contribution in [0.15, 0.2) is 72.8 Å². The van der Waals surface area contributed by atoms with E-state index in [9.17, 15) is 9.59 Å². The largest absolute Gasteiger partial charge is 0.495 e. The van der Waals surface area contributed by atoms with E-state index >= 15 is 0 Å². The van der Waals surface area contributed by atoms with Gasteiger partial charge in [-0.15, -0.1) is 0 Å². The first-order valence-electron chi connectivity index (χ1n) is 9.85. The minimum Gasteiger partial charge on any atom is -0.495 e. The van der Waals surface area contributed by atoms with E-state index in [4.69, 9.17) is 16.3 Å². The summed E-state index contributed by atoms with van der Waals surface area (Å²) in [6.07, 6.45) is 0. The smallest absolute Gasteiger partial charge is 0.279 e. The standard InChI is InChI=1S/C24H24ClN3O3/c1-28(16-24(30)27-21-14-18(25)12-13-22(21)31-2)15-23(29)26-20-11-7-6-10-19(20)17-8-4-3-5-9-17/h3-14H,15-16H2,1-2H3,(H,26,29)(H,27,30)/p+1. The molecule has 0 saturated carbocycles. The normalized spacial score (nSPS) is 11.5. The highest BCUT2D eigenvalue weighted by molar-refractivity contribution is 6.31. The second-order valence-electron chi connectivity index (χ2n) is 7.16.